The van der Waals surface area contributed by atoms with Crippen LogP contribution in [0.15, 0.2) is 69.2 Å². The molecule has 1 heterocycles. The number of hydrogen-bond acceptors (Lipinski definition) is 7. The van der Waals surface area contributed by atoms with Crippen LogP contribution in [0, 0.1) is 17.3 Å². The number of aliphatic carboxylic acids is 2. The third-order valence-corrected chi connectivity index (χ3v) is 8.48. The Morgan fingerprint density at radius 2 is 1.62 bits per heavy atom. The first-order chi connectivity index (χ1) is 17.4. The van der Waals surface area contributed by atoms with Crippen LogP contribution in [0.3, 0.4) is 0 Å². The lowest BCUT2D eigenvalue weighted by molar-refractivity contribution is -0.154. The van der Waals surface area contributed by atoms with Crippen LogP contribution in [0.4, 0.5) is 0 Å². The molecule has 37 heavy (non-hydrogen) atoms. The molecule has 2 aromatic rings. The van der Waals surface area contributed by atoms with E-state index >= 15 is 0 Å². The van der Waals surface area contributed by atoms with Gasteiger partial charge in [0.05, 0.1) is 16.7 Å². The van der Waals surface area contributed by atoms with Crippen LogP contribution in [0.1, 0.15) is 48.7 Å². The van der Waals surface area contributed by atoms with Crippen LogP contribution < -0.4 is 0 Å². The number of ketones is 2. The van der Waals surface area contributed by atoms with Gasteiger partial charge in [-0.1, -0.05) is 31.9 Å². The number of carboxylic acid groups (broad SMARTS) is 2. The van der Waals surface area contributed by atoms with Crippen molar-refractivity contribution in [2.75, 3.05) is 6.26 Å². The van der Waals surface area contributed by atoms with Crippen molar-refractivity contribution in [3.8, 4) is 0 Å². The summed E-state index contributed by atoms with van der Waals surface area (Å²) in [5.74, 6) is -6.59. The van der Waals surface area contributed by atoms with Crippen molar-refractivity contribution in [3.05, 3.63) is 71.2 Å². The molecular formula is C27H26O9S. The Kier molecular flexibility index (Phi) is 6.81. The number of carboxylic acids is 2. The fourth-order valence-corrected chi connectivity index (χ4v) is 6.13. The van der Waals surface area contributed by atoms with Gasteiger partial charge in [0.2, 0.25) is 5.78 Å². The van der Waals surface area contributed by atoms with Gasteiger partial charge in [-0.2, -0.15) is 0 Å². The van der Waals surface area contributed by atoms with Crippen LogP contribution in [-0.4, -0.2) is 48.4 Å². The van der Waals surface area contributed by atoms with E-state index in [1.165, 1.54) is 49.6 Å². The topological polar surface area (TPSA) is 156 Å². The summed E-state index contributed by atoms with van der Waals surface area (Å²) in [5.41, 5.74) is -2.96. The SMILES string of the molecule is C[C@H]1C(C(=O)O)=C(C(=O)c2ccco2)C=C(c2ccc(S(C)(=O)=O)cc2)C1(C(=O)O)C(=O)C1CCCC1. The molecule has 0 amide bonds. The van der Waals surface area contributed by atoms with Crippen LogP contribution >= 0.6 is 0 Å². The van der Waals surface area contributed by atoms with Gasteiger partial charge in [0.1, 0.15) is 0 Å². The highest BCUT2D eigenvalue weighted by atomic mass is 32.2. The second-order valence-corrected chi connectivity index (χ2v) is 11.5. The van der Waals surface area contributed by atoms with Gasteiger partial charge >= 0.3 is 11.9 Å². The van der Waals surface area contributed by atoms with E-state index in [1.54, 1.807) is 0 Å². The van der Waals surface area contributed by atoms with Crippen LogP contribution in [0.25, 0.3) is 5.57 Å². The molecule has 2 aliphatic carbocycles. The number of sulfone groups is 1. The summed E-state index contributed by atoms with van der Waals surface area (Å²) in [6.45, 7) is 1.33. The minimum absolute atomic E-state index is 0.0163. The molecule has 0 aliphatic heterocycles. The lowest BCUT2D eigenvalue weighted by atomic mass is 9.57. The Labute approximate surface area is 213 Å². The minimum atomic E-state index is -3.57. The molecule has 2 aliphatic rings. The average molecular weight is 527 g/mol. The van der Waals surface area contributed by atoms with Gasteiger partial charge in [0.25, 0.3) is 0 Å². The molecule has 0 spiro atoms. The van der Waals surface area contributed by atoms with Crippen LogP contribution in [0.2, 0.25) is 0 Å². The first kappa shape index (κ1) is 26.3. The van der Waals surface area contributed by atoms with Crippen molar-refractivity contribution >= 4 is 38.9 Å². The maximum atomic E-state index is 14.0. The molecule has 10 heteroatoms. The zero-order valence-electron chi connectivity index (χ0n) is 20.3. The Morgan fingerprint density at radius 1 is 1.00 bits per heavy atom. The second-order valence-electron chi connectivity index (χ2n) is 9.47. The molecule has 0 bridgehead atoms. The van der Waals surface area contributed by atoms with Gasteiger partial charge in [0, 0.05) is 23.7 Å². The molecule has 1 saturated carbocycles. The Hall–Kier alpha value is -3.79. The standard InChI is InChI=1S/C27H26O9S/c1-15-22(25(30)31)19(23(28)21-8-5-13-36-21)14-20(16-9-11-18(12-10-16)37(2,34)35)27(15,26(32)33)24(29)17-6-3-4-7-17/h5,8-15,17H,3-4,6-7H2,1-2H3,(H,30,31)(H,32,33)/t15-,27?/m0/s1. The van der Waals surface area contributed by atoms with Gasteiger partial charge in [-0.05, 0) is 54.3 Å². The normalized spacial score (nSPS) is 22.5. The summed E-state index contributed by atoms with van der Waals surface area (Å²) in [7, 11) is -3.57. The number of benzene rings is 1. The molecule has 2 N–H and O–H groups in total. The number of carbonyl (C=O) groups excluding carboxylic acids is 2. The third-order valence-electron chi connectivity index (χ3n) is 7.35. The van der Waals surface area contributed by atoms with Gasteiger partial charge < -0.3 is 14.6 Å². The lowest BCUT2D eigenvalue weighted by Crippen LogP contribution is -2.51. The molecule has 1 aromatic heterocycles. The average Bonchev–Trinajstić information content (AvgIpc) is 3.56. The van der Waals surface area contributed by atoms with E-state index in [2.05, 4.69) is 0 Å². The number of Topliss-reactive ketones (excluding diaryl/α,β-unsaturated/α-hetero) is 2. The maximum Gasteiger partial charge on any atom is 0.332 e. The molecule has 1 unspecified atom stereocenters. The van der Waals surface area contributed by atoms with Crippen LogP contribution in [-0.2, 0) is 24.2 Å². The molecular weight excluding hydrogens is 500 g/mol. The number of rotatable bonds is 8. The molecule has 0 radical (unpaired) electrons. The predicted octanol–water partition coefficient (Wildman–Crippen LogP) is 3.81. The van der Waals surface area contributed by atoms with Gasteiger partial charge in [-0.3, -0.25) is 14.4 Å². The Bertz CT molecular complexity index is 1440. The van der Waals surface area contributed by atoms with E-state index in [4.69, 9.17) is 4.42 Å². The molecule has 4 rings (SSSR count). The van der Waals surface area contributed by atoms with E-state index in [0.717, 1.165) is 25.2 Å². The van der Waals surface area contributed by atoms with Gasteiger partial charge in [-0.15, -0.1) is 0 Å². The van der Waals surface area contributed by atoms with E-state index < -0.39 is 56.2 Å². The number of furan rings is 1. The van der Waals surface area contributed by atoms with Gasteiger partial charge in [0.15, 0.2) is 26.8 Å². The minimum Gasteiger partial charge on any atom is -0.480 e. The molecule has 9 nitrogen and oxygen atoms in total. The number of hydrogen-bond donors (Lipinski definition) is 2. The monoisotopic (exact) mass is 526 g/mol. The summed E-state index contributed by atoms with van der Waals surface area (Å²) in [4.78, 5) is 52.9. The van der Waals surface area contributed by atoms with Crippen molar-refractivity contribution in [2.24, 2.45) is 17.3 Å². The molecule has 0 saturated heterocycles. The smallest absolute Gasteiger partial charge is 0.332 e. The van der Waals surface area contributed by atoms with Gasteiger partial charge in [-0.25, -0.2) is 13.2 Å². The molecule has 194 valence electrons. The highest BCUT2D eigenvalue weighted by Crippen LogP contribution is 2.53. The second kappa shape index (κ2) is 9.59. The maximum absolute atomic E-state index is 14.0. The van der Waals surface area contributed by atoms with Crippen molar-refractivity contribution in [1.82, 2.24) is 0 Å². The molecule has 2 atom stereocenters. The highest BCUT2D eigenvalue weighted by Gasteiger charge is 2.59. The zero-order valence-corrected chi connectivity index (χ0v) is 21.1. The molecule has 1 fully saturated rings. The first-order valence-corrected chi connectivity index (χ1v) is 13.7. The molecule has 1 aromatic carbocycles. The van der Waals surface area contributed by atoms with Crippen LogP contribution in [0.5, 0.6) is 0 Å². The van der Waals surface area contributed by atoms with E-state index in [9.17, 15) is 37.8 Å². The summed E-state index contributed by atoms with van der Waals surface area (Å²) in [6.07, 6.45) is 5.86. The van der Waals surface area contributed by atoms with E-state index in [1.807, 2.05) is 0 Å². The summed E-state index contributed by atoms with van der Waals surface area (Å²) in [6, 6.07) is 8.13. The first-order valence-electron chi connectivity index (χ1n) is 11.8. The highest BCUT2D eigenvalue weighted by molar-refractivity contribution is 7.90. The van der Waals surface area contributed by atoms with Crippen molar-refractivity contribution < 1.29 is 42.2 Å². The summed E-state index contributed by atoms with van der Waals surface area (Å²) in [5, 5.41) is 20.8. The van der Waals surface area contributed by atoms with E-state index in [0.29, 0.717) is 12.8 Å². The summed E-state index contributed by atoms with van der Waals surface area (Å²) >= 11 is 0. The Balaban J connectivity index is 2.04. The largest absolute Gasteiger partial charge is 0.480 e. The summed E-state index contributed by atoms with van der Waals surface area (Å²) < 4.78 is 29.2. The van der Waals surface area contributed by atoms with Crippen molar-refractivity contribution in [2.45, 2.75) is 37.5 Å². The fraction of sp³-hybridized carbons (Fsp3) is 0.333. The number of carbonyl (C=O) groups is 4. The third kappa shape index (κ3) is 4.35. The Morgan fingerprint density at radius 3 is 2.11 bits per heavy atom. The van der Waals surface area contributed by atoms with Crippen molar-refractivity contribution in [1.29, 1.82) is 0 Å². The number of allylic oxidation sites excluding steroid dienone is 2. The van der Waals surface area contributed by atoms with Crippen molar-refractivity contribution in [3.63, 3.8) is 0 Å². The quantitative estimate of drug-likeness (QED) is 0.386. The van der Waals surface area contributed by atoms with E-state index in [-0.39, 0.29) is 27.4 Å². The predicted molar refractivity (Wildman–Crippen MR) is 131 cm³/mol. The fourth-order valence-electron chi connectivity index (χ4n) is 5.50. The lowest BCUT2D eigenvalue weighted by Gasteiger charge is -2.41. The zero-order chi connectivity index (χ0) is 27.1.